The number of carbonyl (C=O) groups excluding carboxylic acids is 1. The smallest absolute Gasteiger partial charge is 0.305 e. The summed E-state index contributed by atoms with van der Waals surface area (Å²) >= 11 is 0. The Balaban J connectivity index is 2.55. The number of halogens is 1. The second-order valence-corrected chi connectivity index (χ2v) is 9.36. The van der Waals surface area contributed by atoms with Gasteiger partial charge in [-0.3, -0.25) is 9.59 Å². The van der Waals surface area contributed by atoms with Gasteiger partial charge in [0.15, 0.2) is 0 Å². The van der Waals surface area contributed by atoms with Crippen molar-refractivity contribution >= 4 is 11.9 Å². The monoisotopic (exact) mass is 441 g/mol. The Kier molecular flexibility index (Phi) is 8.59. The normalized spacial score (nSPS) is 13.2. The maximum atomic E-state index is 15.3. The van der Waals surface area contributed by atoms with E-state index in [-0.39, 0.29) is 23.8 Å². The molecule has 2 aromatic carbocycles. The van der Waals surface area contributed by atoms with Crippen molar-refractivity contribution in [1.82, 2.24) is 5.32 Å². The van der Waals surface area contributed by atoms with E-state index in [4.69, 9.17) is 0 Å². The summed E-state index contributed by atoms with van der Waals surface area (Å²) < 4.78 is 15.3. The molecule has 2 N–H and O–H groups in total. The lowest BCUT2D eigenvalue weighted by molar-refractivity contribution is -0.138. The Morgan fingerprint density at radius 2 is 1.59 bits per heavy atom. The number of nitrogens with one attached hydrogen (secondary N) is 1. The molecule has 2 rings (SSSR count). The van der Waals surface area contributed by atoms with Gasteiger partial charge in [-0.2, -0.15) is 0 Å². The lowest BCUT2D eigenvalue weighted by Gasteiger charge is -2.24. The number of amides is 1. The van der Waals surface area contributed by atoms with Crippen molar-refractivity contribution in [3.05, 3.63) is 57.9 Å². The summed E-state index contributed by atoms with van der Waals surface area (Å²) in [5.74, 6) is -1.69. The van der Waals surface area contributed by atoms with Gasteiger partial charge in [-0.05, 0) is 86.4 Å². The number of benzene rings is 2. The second-order valence-electron chi connectivity index (χ2n) is 9.36. The highest BCUT2D eigenvalue weighted by molar-refractivity contribution is 5.80. The third-order valence-corrected chi connectivity index (χ3v) is 5.94. The average Bonchev–Trinajstić information content (AvgIpc) is 2.66. The van der Waals surface area contributed by atoms with E-state index in [0.717, 1.165) is 27.8 Å². The number of aryl methyl sites for hydroxylation is 4. The number of hydrogen-bond donors (Lipinski definition) is 2. The third kappa shape index (κ3) is 6.18. The van der Waals surface area contributed by atoms with Crippen LogP contribution < -0.4 is 5.32 Å². The van der Waals surface area contributed by atoms with Crippen molar-refractivity contribution in [3.8, 4) is 11.1 Å². The number of carboxylic acids is 1. The van der Waals surface area contributed by atoms with Gasteiger partial charge in [0, 0.05) is 11.5 Å². The van der Waals surface area contributed by atoms with E-state index in [9.17, 15) is 14.7 Å². The summed E-state index contributed by atoms with van der Waals surface area (Å²) in [7, 11) is 0. The van der Waals surface area contributed by atoms with E-state index >= 15 is 4.39 Å². The molecule has 1 unspecified atom stereocenters. The second kappa shape index (κ2) is 10.8. The molecular formula is C27H36FNO3. The Morgan fingerprint density at radius 3 is 2.09 bits per heavy atom. The van der Waals surface area contributed by atoms with Crippen molar-refractivity contribution in [1.29, 1.82) is 0 Å². The molecule has 0 spiro atoms. The van der Waals surface area contributed by atoms with Crippen molar-refractivity contribution in [3.63, 3.8) is 0 Å². The van der Waals surface area contributed by atoms with E-state index in [0.29, 0.717) is 24.3 Å². The SMILES string of the molecule is CC[C@@H](CC(C)C)C(=O)NC(CC(=O)O)c1cc(-c2c(C)cc(C)cc2C)cc(C)c1F. The first-order valence-electron chi connectivity index (χ1n) is 11.3. The molecule has 0 aromatic heterocycles. The van der Waals surface area contributed by atoms with Gasteiger partial charge >= 0.3 is 5.97 Å². The highest BCUT2D eigenvalue weighted by Crippen LogP contribution is 2.34. The minimum Gasteiger partial charge on any atom is -0.481 e. The summed E-state index contributed by atoms with van der Waals surface area (Å²) in [4.78, 5) is 24.6. The van der Waals surface area contributed by atoms with Gasteiger partial charge < -0.3 is 10.4 Å². The first-order chi connectivity index (χ1) is 14.9. The van der Waals surface area contributed by atoms with Gasteiger partial charge in [0.05, 0.1) is 12.5 Å². The molecule has 0 saturated heterocycles. The van der Waals surface area contributed by atoms with Crippen LogP contribution in [0, 0.1) is 45.3 Å². The minimum atomic E-state index is -1.09. The Bertz CT molecular complexity index is 974. The fourth-order valence-corrected chi connectivity index (χ4v) is 4.56. The van der Waals surface area contributed by atoms with Crippen LogP contribution in [-0.4, -0.2) is 17.0 Å². The van der Waals surface area contributed by atoms with Crippen LogP contribution >= 0.6 is 0 Å². The molecule has 0 fully saturated rings. The molecule has 5 heteroatoms. The lowest BCUT2D eigenvalue weighted by atomic mass is 9.89. The first-order valence-corrected chi connectivity index (χ1v) is 11.3. The first kappa shape index (κ1) is 25.6. The van der Waals surface area contributed by atoms with E-state index in [1.54, 1.807) is 19.1 Å². The van der Waals surface area contributed by atoms with Crippen LogP contribution in [0.1, 0.15) is 73.9 Å². The van der Waals surface area contributed by atoms with E-state index in [1.165, 1.54) is 0 Å². The minimum absolute atomic E-state index is 0.217. The molecule has 0 saturated carbocycles. The molecule has 0 radical (unpaired) electrons. The van der Waals surface area contributed by atoms with Gasteiger partial charge in [-0.25, -0.2) is 4.39 Å². The van der Waals surface area contributed by atoms with Crippen molar-refractivity contribution in [2.24, 2.45) is 11.8 Å². The van der Waals surface area contributed by atoms with Crippen LogP contribution in [0.4, 0.5) is 4.39 Å². The predicted octanol–water partition coefficient (Wildman–Crippen LogP) is 6.43. The summed E-state index contributed by atoms with van der Waals surface area (Å²) in [5, 5.41) is 12.3. The van der Waals surface area contributed by atoms with E-state index < -0.39 is 17.8 Å². The summed E-state index contributed by atoms with van der Waals surface area (Å²) in [6, 6.07) is 6.70. The van der Waals surface area contributed by atoms with Gasteiger partial charge in [0.2, 0.25) is 5.91 Å². The van der Waals surface area contributed by atoms with E-state index in [2.05, 4.69) is 17.4 Å². The largest absolute Gasteiger partial charge is 0.481 e. The predicted molar refractivity (Wildman–Crippen MR) is 127 cm³/mol. The molecule has 32 heavy (non-hydrogen) atoms. The highest BCUT2D eigenvalue weighted by Gasteiger charge is 2.27. The quantitative estimate of drug-likeness (QED) is 0.471. The molecule has 2 atom stereocenters. The zero-order valence-electron chi connectivity index (χ0n) is 20.3. The third-order valence-electron chi connectivity index (χ3n) is 5.94. The summed E-state index contributed by atoms with van der Waals surface area (Å²) in [6.45, 7) is 13.8. The molecular weight excluding hydrogens is 405 g/mol. The highest BCUT2D eigenvalue weighted by atomic mass is 19.1. The topological polar surface area (TPSA) is 66.4 Å². The van der Waals surface area contributed by atoms with Gasteiger partial charge in [-0.1, -0.05) is 38.5 Å². The Labute approximate surface area is 191 Å². The molecule has 0 bridgehead atoms. The summed E-state index contributed by atoms with van der Waals surface area (Å²) in [5.41, 5.74) is 5.77. The zero-order valence-corrected chi connectivity index (χ0v) is 20.3. The fourth-order valence-electron chi connectivity index (χ4n) is 4.56. The van der Waals surface area contributed by atoms with Crippen molar-refractivity contribution in [2.45, 2.75) is 73.8 Å². The molecule has 2 aromatic rings. The van der Waals surface area contributed by atoms with Crippen LogP contribution in [-0.2, 0) is 9.59 Å². The van der Waals surface area contributed by atoms with Gasteiger partial charge in [0.1, 0.15) is 5.82 Å². The lowest BCUT2D eigenvalue weighted by Crippen LogP contribution is -2.36. The van der Waals surface area contributed by atoms with Crippen LogP contribution in [0.2, 0.25) is 0 Å². The van der Waals surface area contributed by atoms with Crippen LogP contribution in [0.15, 0.2) is 24.3 Å². The van der Waals surface area contributed by atoms with Crippen LogP contribution in [0.5, 0.6) is 0 Å². The zero-order chi connectivity index (χ0) is 24.2. The molecule has 0 aliphatic carbocycles. The molecule has 1 amide bonds. The van der Waals surface area contributed by atoms with Gasteiger partial charge in [0.25, 0.3) is 0 Å². The number of hydrogen-bond acceptors (Lipinski definition) is 2. The Hall–Kier alpha value is -2.69. The molecule has 0 aliphatic rings. The maximum absolute atomic E-state index is 15.3. The summed E-state index contributed by atoms with van der Waals surface area (Å²) in [6.07, 6.45) is 0.966. The van der Waals surface area contributed by atoms with Crippen molar-refractivity contribution in [2.75, 3.05) is 0 Å². The van der Waals surface area contributed by atoms with Crippen molar-refractivity contribution < 1.29 is 19.1 Å². The van der Waals surface area contributed by atoms with Crippen LogP contribution in [0.3, 0.4) is 0 Å². The van der Waals surface area contributed by atoms with Gasteiger partial charge in [-0.15, -0.1) is 0 Å². The maximum Gasteiger partial charge on any atom is 0.305 e. The average molecular weight is 442 g/mol. The molecule has 174 valence electrons. The molecule has 4 nitrogen and oxygen atoms in total. The number of aliphatic carboxylic acids is 1. The fraction of sp³-hybridized carbons (Fsp3) is 0.481. The number of rotatable bonds is 9. The molecule has 0 heterocycles. The standard InChI is InChI=1S/C27H36FNO3/c1-8-20(9-15(2)3)27(32)29-23(14-24(30)31)22-13-21(12-19(7)26(22)28)25-17(5)10-16(4)11-18(25)6/h10-13,15,20,23H,8-9,14H2,1-7H3,(H,29,32)(H,30,31)/t20-,23?/m0/s1. The van der Waals surface area contributed by atoms with E-state index in [1.807, 2.05) is 41.5 Å². The number of carboxylic acid groups (broad SMARTS) is 1. The van der Waals surface area contributed by atoms with Crippen LogP contribution in [0.25, 0.3) is 11.1 Å². The molecule has 0 aliphatic heterocycles. The number of carbonyl (C=O) groups is 2. The Morgan fingerprint density at radius 1 is 1.00 bits per heavy atom.